The minimum atomic E-state index is -0.822. The van der Waals surface area contributed by atoms with Crippen molar-refractivity contribution in [3.05, 3.63) is 35.9 Å². The third kappa shape index (κ3) is 4.43. The predicted molar refractivity (Wildman–Crippen MR) is 164 cm³/mol. The molecule has 1 aliphatic heterocycles. The fourth-order valence-electron chi connectivity index (χ4n) is 12.0. The van der Waals surface area contributed by atoms with Crippen LogP contribution in [0.2, 0.25) is 0 Å². The number of aliphatic hydroxyl groups is 2. The highest BCUT2D eigenvalue weighted by Gasteiger charge is 2.72. The average Bonchev–Trinajstić information content (AvgIpc) is 3.49. The number of rotatable bonds is 5. The summed E-state index contributed by atoms with van der Waals surface area (Å²) in [6.45, 7) is 19.4. The molecule has 4 heteroatoms. The van der Waals surface area contributed by atoms with Crippen molar-refractivity contribution in [2.24, 2.45) is 45.3 Å². The molecule has 5 aliphatic rings. The first-order valence-corrected chi connectivity index (χ1v) is 16.8. The molecule has 41 heavy (non-hydrogen) atoms. The summed E-state index contributed by atoms with van der Waals surface area (Å²) >= 11 is 0. The zero-order chi connectivity index (χ0) is 29.6. The molecule has 230 valence electrons. The number of hydrogen-bond acceptors (Lipinski definition) is 4. The van der Waals surface area contributed by atoms with Gasteiger partial charge in [0.25, 0.3) is 0 Å². The Morgan fingerprint density at radius 2 is 1.54 bits per heavy atom. The minimum Gasteiger partial charge on any atom is -0.393 e. The van der Waals surface area contributed by atoms with E-state index in [-0.39, 0.29) is 45.6 Å². The van der Waals surface area contributed by atoms with E-state index in [1.54, 1.807) is 0 Å². The highest BCUT2D eigenvalue weighted by atomic mass is 16.5. The van der Waals surface area contributed by atoms with Crippen molar-refractivity contribution in [3.63, 3.8) is 0 Å². The van der Waals surface area contributed by atoms with Crippen LogP contribution < -0.4 is 0 Å². The van der Waals surface area contributed by atoms with E-state index in [1.807, 2.05) is 13.8 Å². The number of fused-ring (bicyclic) bond motifs is 5. The molecule has 6 rings (SSSR count). The van der Waals surface area contributed by atoms with Gasteiger partial charge in [-0.1, -0.05) is 65.0 Å². The van der Waals surface area contributed by atoms with Crippen molar-refractivity contribution in [1.82, 2.24) is 0 Å². The summed E-state index contributed by atoms with van der Waals surface area (Å²) in [6, 6.07) is 10.7. The number of ether oxygens (including phenoxy) is 2. The van der Waals surface area contributed by atoms with Crippen LogP contribution >= 0.6 is 0 Å². The van der Waals surface area contributed by atoms with E-state index in [2.05, 4.69) is 71.9 Å². The predicted octanol–water partition coefficient (Wildman–Crippen LogP) is 7.94. The fraction of sp³-hybridized carbons (Fsp3) is 0.838. The normalized spacial score (nSPS) is 49.3. The van der Waals surface area contributed by atoms with Crippen molar-refractivity contribution < 1.29 is 19.7 Å². The Bertz CT molecular complexity index is 1110. The Morgan fingerprint density at radius 1 is 0.854 bits per heavy atom. The van der Waals surface area contributed by atoms with Gasteiger partial charge in [0.2, 0.25) is 0 Å². The molecule has 0 bridgehead atoms. The summed E-state index contributed by atoms with van der Waals surface area (Å²) in [5.74, 6) is 1.96. The van der Waals surface area contributed by atoms with Gasteiger partial charge in [-0.15, -0.1) is 0 Å². The van der Waals surface area contributed by atoms with Crippen molar-refractivity contribution in [1.29, 1.82) is 0 Å². The molecular formula is C37H58O4. The molecule has 5 fully saturated rings. The smallest absolute Gasteiger partial charge is 0.0865 e. The third-order valence-electron chi connectivity index (χ3n) is 14.5. The molecule has 4 saturated carbocycles. The topological polar surface area (TPSA) is 58.9 Å². The van der Waals surface area contributed by atoms with Crippen LogP contribution in [0.15, 0.2) is 30.3 Å². The largest absolute Gasteiger partial charge is 0.393 e. The maximum Gasteiger partial charge on any atom is 0.0865 e. The van der Waals surface area contributed by atoms with Gasteiger partial charge < -0.3 is 19.7 Å². The van der Waals surface area contributed by atoms with Crippen molar-refractivity contribution in [2.75, 3.05) is 0 Å². The molecule has 4 aliphatic carbocycles. The lowest BCUT2D eigenvalue weighted by atomic mass is 9.35. The first kappa shape index (κ1) is 30.1. The summed E-state index contributed by atoms with van der Waals surface area (Å²) in [5, 5.41) is 22.0. The van der Waals surface area contributed by atoms with Crippen LogP contribution in [0, 0.1) is 45.3 Å². The van der Waals surface area contributed by atoms with E-state index in [9.17, 15) is 10.2 Å². The maximum absolute atomic E-state index is 11.1. The first-order chi connectivity index (χ1) is 19.1. The Balaban J connectivity index is 1.38. The van der Waals surface area contributed by atoms with Crippen LogP contribution in [0.25, 0.3) is 0 Å². The van der Waals surface area contributed by atoms with Gasteiger partial charge in [0.15, 0.2) is 0 Å². The second-order valence-electron chi connectivity index (χ2n) is 17.2. The Hall–Kier alpha value is -0.940. The van der Waals surface area contributed by atoms with E-state index in [1.165, 1.54) is 31.2 Å². The lowest BCUT2D eigenvalue weighted by molar-refractivity contribution is -0.256. The van der Waals surface area contributed by atoms with E-state index >= 15 is 0 Å². The van der Waals surface area contributed by atoms with Gasteiger partial charge in [-0.3, -0.25) is 0 Å². The van der Waals surface area contributed by atoms with Crippen LogP contribution in [0.5, 0.6) is 0 Å². The molecule has 0 radical (unpaired) electrons. The van der Waals surface area contributed by atoms with Crippen LogP contribution in [-0.2, 0) is 16.1 Å². The van der Waals surface area contributed by atoms with Gasteiger partial charge in [-0.2, -0.15) is 0 Å². The fourth-order valence-corrected chi connectivity index (χ4v) is 12.0. The molecule has 2 N–H and O–H groups in total. The number of benzene rings is 1. The zero-order valence-electron chi connectivity index (χ0n) is 27.2. The monoisotopic (exact) mass is 566 g/mol. The van der Waals surface area contributed by atoms with Crippen molar-refractivity contribution in [3.8, 4) is 0 Å². The van der Waals surface area contributed by atoms with Gasteiger partial charge in [0, 0.05) is 0 Å². The van der Waals surface area contributed by atoms with Crippen LogP contribution in [0.4, 0.5) is 0 Å². The van der Waals surface area contributed by atoms with E-state index in [4.69, 9.17) is 9.47 Å². The number of hydrogen-bond donors (Lipinski definition) is 2. The highest BCUT2D eigenvalue weighted by molar-refractivity contribution is 5.21. The molecule has 1 heterocycles. The first-order valence-electron chi connectivity index (χ1n) is 16.8. The molecule has 0 aromatic heterocycles. The second kappa shape index (κ2) is 9.78. The minimum absolute atomic E-state index is 0.0536. The Kier molecular flexibility index (Phi) is 7.18. The average molecular weight is 567 g/mol. The van der Waals surface area contributed by atoms with E-state index in [0.29, 0.717) is 30.3 Å². The van der Waals surface area contributed by atoms with Crippen LogP contribution in [0.3, 0.4) is 0 Å². The maximum atomic E-state index is 11.1. The van der Waals surface area contributed by atoms with Gasteiger partial charge in [0.1, 0.15) is 0 Å². The van der Waals surface area contributed by atoms with Crippen LogP contribution in [0.1, 0.15) is 119 Å². The Labute approximate surface area is 250 Å². The molecule has 4 nitrogen and oxygen atoms in total. The van der Waals surface area contributed by atoms with Gasteiger partial charge in [-0.25, -0.2) is 0 Å². The zero-order valence-corrected chi connectivity index (χ0v) is 27.2. The lowest BCUT2D eigenvalue weighted by Crippen LogP contribution is -2.66. The molecule has 11 atom stereocenters. The molecule has 0 amide bonds. The van der Waals surface area contributed by atoms with Crippen molar-refractivity contribution in [2.45, 2.75) is 149 Å². The van der Waals surface area contributed by atoms with E-state index in [0.717, 1.165) is 32.1 Å². The standard InChI is InChI=1S/C37H58O4/c1-32(2)27-15-20-35(6)28(34(27,5)18-16-29(32)38)22-26(40-23-24-12-10-9-11-13-24)31-25(14-19-36(31,35)7)37(8)21-17-30(41-37)33(3,4)39/h9-13,25-31,38-39H,14-23H2,1-8H3/t25-,26+,27+,28+,29-,30-,31-,34-,35+,36+,37-/m0/s1. The Morgan fingerprint density at radius 3 is 2.20 bits per heavy atom. The molecule has 1 aromatic carbocycles. The molecule has 0 unspecified atom stereocenters. The molecule has 1 aromatic rings. The SMILES string of the molecule is CC(C)(O)[C@@H]1CC[C@@](C)([C@H]2CC[C@]3(C)[C@@H]2[C@H](OCc2ccccc2)C[C@@H]2[C@@]4(C)CC[C@H](O)C(C)(C)[C@H]4CC[C@]23C)O1. The highest BCUT2D eigenvalue weighted by Crippen LogP contribution is 2.76. The van der Waals surface area contributed by atoms with Gasteiger partial charge in [-0.05, 0) is 129 Å². The lowest BCUT2D eigenvalue weighted by Gasteiger charge is -2.71. The summed E-state index contributed by atoms with van der Waals surface area (Å²) < 4.78 is 14.0. The van der Waals surface area contributed by atoms with Crippen LogP contribution in [-0.4, -0.2) is 39.7 Å². The number of aliphatic hydroxyl groups excluding tert-OH is 1. The molecular weight excluding hydrogens is 508 g/mol. The summed E-state index contributed by atoms with van der Waals surface area (Å²) in [7, 11) is 0. The third-order valence-corrected chi connectivity index (χ3v) is 14.5. The summed E-state index contributed by atoms with van der Waals surface area (Å²) in [4.78, 5) is 0. The molecule has 0 spiro atoms. The molecule has 1 saturated heterocycles. The van der Waals surface area contributed by atoms with Crippen molar-refractivity contribution >= 4 is 0 Å². The van der Waals surface area contributed by atoms with Gasteiger partial charge >= 0.3 is 0 Å². The summed E-state index contributed by atoms with van der Waals surface area (Å²) in [5.41, 5.74) is 0.734. The van der Waals surface area contributed by atoms with Gasteiger partial charge in [0.05, 0.1) is 36.1 Å². The second-order valence-corrected chi connectivity index (χ2v) is 17.2. The summed E-state index contributed by atoms with van der Waals surface area (Å²) in [6.07, 6.45) is 9.77. The quantitative estimate of drug-likeness (QED) is 0.380. The van der Waals surface area contributed by atoms with E-state index < -0.39 is 5.60 Å².